The number of methoxy groups -OCH3 is 3. The molecule has 0 N–H and O–H groups in total. The molecule has 1 fully saturated rings. The predicted octanol–water partition coefficient (Wildman–Crippen LogP) is 1.68. The lowest BCUT2D eigenvalue weighted by atomic mass is 9.88. The Bertz CT molecular complexity index is 252. The van der Waals surface area contributed by atoms with Crippen molar-refractivity contribution in [3.63, 3.8) is 0 Å². The van der Waals surface area contributed by atoms with E-state index in [1.807, 2.05) is 6.26 Å². The number of thioether (sulfide) groups is 1. The van der Waals surface area contributed by atoms with Gasteiger partial charge in [0.05, 0.1) is 12.5 Å². The van der Waals surface area contributed by atoms with Crippen LogP contribution in [0.1, 0.15) is 19.3 Å². The van der Waals surface area contributed by atoms with Gasteiger partial charge in [0.15, 0.2) is 5.79 Å². The van der Waals surface area contributed by atoms with Crippen LogP contribution in [-0.4, -0.2) is 45.1 Å². The third-order valence-corrected chi connectivity index (χ3v) is 4.22. The zero-order chi connectivity index (χ0) is 12.2. The van der Waals surface area contributed by atoms with Crippen molar-refractivity contribution in [2.45, 2.75) is 25.0 Å². The minimum atomic E-state index is -0.621. The molecule has 0 spiro atoms. The van der Waals surface area contributed by atoms with Crippen molar-refractivity contribution in [2.75, 3.05) is 33.3 Å². The van der Waals surface area contributed by atoms with Gasteiger partial charge >= 0.3 is 5.97 Å². The molecule has 0 bridgehead atoms. The minimum Gasteiger partial charge on any atom is -0.469 e. The fourth-order valence-electron chi connectivity index (χ4n) is 2.40. The second-order valence-corrected chi connectivity index (χ2v) is 5.07. The van der Waals surface area contributed by atoms with Crippen molar-refractivity contribution in [1.29, 1.82) is 0 Å². The summed E-state index contributed by atoms with van der Waals surface area (Å²) in [4.78, 5) is 11.9. The Morgan fingerprint density at radius 2 is 1.88 bits per heavy atom. The third kappa shape index (κ3) is 2.36. The highest BCUT2D eigenvalue weighted by molar-refractivity contribution is 7.98. The smallest absolute Gasteiger partial charge is 0.312 e. The Labute approximate surface area is 101 Å². The summed E-state index contributed by atoms with van der Waals surface area (Å²) >= 11 is 1.65. The summed E-state index contributed by atoms with van der Waals surface area (Å²) in [5.74, 6) is -0.0317. The second-order valence-electron chi connectivity index (χ2n) is 4.20. The average molecular weight is 248 g/mol. The molecule has 0 aromatic heterocycles. The summed E-state index contributed by atoms with van der Waals surface area (Å²) in [6, 6.07) is 0. The van der Waals surface area contributed by atoms with Crippen LogP contribution in [0.15, 0.2) is 0 Å². The molecule has 0 radical (unpaired) electrons. The lowest BCUT2D eigenvalue weighted by Gasteiger charge is -2.30. The second kappa shape index (κ2) is 5.38. The van der Waals surface area contributed by atoms with E-state index in [9.17, 15) is 4.79 Å². The molecule has 4 nitrogen and oxygen atoms in total. The molecule has 0 aliphatic heterocycles. The molecule has 1 rings (SSSR count). The van der Waals surface area contributed by atoms with Gasteiger partial charge in [-0.2, -0.15) is 11.8 Å². The molecule has 1 atom stereocenters. The van der Waals surface area contributed by atoms with Gasteiger partial charge in [-0.15, -0.1) is 0 Å². The van der Waals surface area contributed by atoms with Crippen LogP contribution in [0, 0.1) is 5.41 Å². The van der Waals surface area contributed by atoms with Crippen molar-refractivity contribution in [3.8, 4) is 0 Å². The SMILES string of the molecule is COC(=O)C1(CSC)CCC(OC)(OC)C1. The number of carbonyl (C=O) groups excluding carboxylic acids is 1. The summed E-state index contributed by atoms with van der Waals surface area (Å²) in [6.45, 7) is 0. The number of hydrogen-bond donors (Lipinski definition) is 0. The van der Waals surface area contributed by atoms with Crippen LogP contribution in [-0.2, 0) is 19.0 Å². The lowest BCUT2D eigenvalue weighted by molar-refractivity contribution is -0.207. The zero-order valence-electron chi connectivity index (χ0n) is 10.4. The molecular weight excluding hydrogens is 228 g/mol. The Morgan fingerprint density at radius 1 is 1.25 bits per heavy atom. The summed E-state index contributed by atoms with van der Waals surface area (Å²) in [5.41, 5.74) is -0.458. The Balaban J connectivity index is 2.87. The molecule has 0 aromatic carbocycles. The van der Waals surface area contributed by atoms with E-state index in [0.717, 1.165) is 18.6 Å². The molecule has 16 heavy (non-hydrogen) atoms. The normalized spacial score (nSPS) is 28.0. The van der Waals surface area contributed by atoms with Crippen molar-refractivity contribution < 1.29 is 19.0 Å². The summed E-state index contributed by atoms with van der Waals surface area (Å²) < 4.78 is 15.7. The van der Waals surface area contributed by atoms with E-state index < -0.39 is 11.2 Å². The number of carbonyl (C=O) groups is 1. The van der Waals surface area contributed by atoms with Gasteiger partial charge in [0.1, 0.15) is 0 Å². The number of ether oxygens (including phenoxy) is 3. The first-order valence-electron chi connectivity index (χ1n) is 5.26. The van der Waals surface area contributed by atoms with E-state index in [0.29, 0.717) is 6.42 Å². The first-order chi connectivity index (χ1) is 7.58. The van der Waals surface area contributed by atoms with Crippen LogP contribution in [0.2, 0.25) is 0 Å². The van der Waals surface area contributed by atoms with Gasteiger partial charge in [-0.25, -0.2) is 0 Å². The Kier molecular flexibility index (Phi) is 4.64. The van der Waals surface area contributed by atoms with Crippen LogP contribution in [0.4, 0.5) is 0 Å². The van der Waals surface area contributed by atoms with E-state index in [1.54, 1.807) is 26.0 Å². The van der Waals surface area contributed by atoms with E-state index in [2.05, 4.69) is 0 Å². The fourth-order valence-corrected chi connectivity index (χ4v) is 3.32. The van der Waals surface area contributed by atoms with Crippen molar-refractivity contribution in [1.82, 2.24) is 0 Å². The number of hydrogen-bond acceptors (Lipinski definition) is 5. The molecule has 1 saturated carbocycles. The van der Waals surface area contributed by atoms with Gasteiger partial charge in [-0.3, -0.25) is 4.79 Å². The molecule has 94 valence electrons. The number of rotatable bonds is 5. The maximum atomic E-state index is 11.9. The third-order valence-electron chi connectivity index (χ3n) is 3.38. The predicted molar refractivity (Wildman–Crippen MR) is 63.4 cm³/mol. The molecular formula is C11H20O4S. The monoisotopic (exact) mass is 248 g/mol. The van der Waals surface area contributed by atoms with Gasteiger partial charge in [0, 0.05) is 32.8 Å². The average Bonchev–Trinajstić information content (AvgIpc) is 2.70. The highest BCUT2D eigenvalue weighted by Crippen LogP contribution is 2.48. The molecule has 0 heterocycles. The molecule has 0 amide bonds. The maximum absolute atomic E-state index is 11.9. The fraction of sp³-hybridized carbons (Fsp3) is 0.909. The Hall–Kier alpha value is -0.260. The quantitative estimate of drug-likeness (QED) is 0.547. The van der Waals surface area contributed by atoms with Gasteiger partial charge in [0.2, 0.25) is 0 Å². The molecule has 0 aromatic rings. The summed E-state index contributed by atoms with van der Waals surface area (Å²) in [6.07, 6.45) is 4.04. The van der Waals surface area contributed by atoms with Gasteiger partial charge in [-0.05, 0) is 12.7 Å². The van der Waals surface area contributed by atoms with Gasteiger partial charge in [0.25, 0.3) is 0 Å². The van der Waals surface area contributed by atoms with Crippen LogP contribution in [0.25, 0.3) is 0 Å². The Morgan fingerprint density at radius 3 is 2.25 bits per heavy atom. The minimum absolute atomic E-state index is 0.155. The lowest BCUT2D eigenvalue weighted by Crippen LogP contribution is -2.38. The highest BCUT2D eigenvalue weighted by Gasteiger charge is 2.53. The topological polar surface area (TPSA) is 44.8 Å². The highest BCUT2D eigenvalue weighted by atomic mass is 32.2. The van der Waals surface area contributed by atoms with Crippen LogP contribution in [0.3, 0.4) is 0 Å². The van der Waals surface area contributed by atoms with Gasteiger partial charge < -0.3 is 14.2 Å². The van der Waals surface area contributed by atoms with Crippen molar-refractivity contribution in [2.24, 2.45) is 5.41 Å². The van der Waals surface area contributed by atoms with Crippen LogP contribution >= 0.6 is 11.8 Å². The molecule has 1 aliphatic rings. The summed E-state index contributed by atoms with van der Waals surface area (Å²) in [5, 5.41) is 0. The molecule has 1 unspecified atom stereocenters. The largest absolute Gasteiger partial charge is 0.469 e. The number of esters is 1. The summed E-state index contributed by atoms with van der Waals surface area (Å²) in [7, 11) is 4.68. The standard InChI is InChI=1S/C11H20O4S/c1-13-9(12)10(8-16-4)5-6-11(7-10,14-2)15-3/h5-8H2,1-4H3. The molecule has 0 saturated heterocycles. The van der Waals surface area contributed by atoms with Crippen LogP contribution < -0.4 is 0 Å². The van der Waals surface area contributed by atoms with Crippen molar-refractivity contribution >= 4 is 17.7 Å². The maximum Gasteiger partial charge on any atom is 0.312 e. The van der Waals surface area contributed by atoms with Gasteiger partial charge in [-0.1, -0.05) is 0 Å². The zero-order valence-corrected chi connectivity index (χ0v) is 11.2. The van der Waals surface area contributed by atoms with Crippen LogP contribution in [0.5, 0.6) is 0 Å². The van der Waals surface area contributed by atoms with E-state index in [4.69, 9.17) is 14.2 Å². The van der Waals surface area contributed by atoms with E-state index >= 15 is 0 Å². The molecule has 5 heteroatoms. The molecule has 1 aliphatic carbocycles. The first-order valence-corrected chi connectivity index (χ1v) is 6.65. The first kappa shape index (κ1) is 13.8. The van der Waals surface area contributed by atoms with Crippen molar-refractivity contribution in [3.05, 3.63) is 0 Å². The van der Waals surface area contributed by atoms with E-state index in [1.165, 1.54) is 7.11 Å². The van der Waals surface area contributed by atoms with E-state index in [-0.39, 0.29) is 5.97 Å².